The minimum atomic E-state index is -0.0174. The van der Waals surface area contributed by atoms with Crippen molar-refractivity contribution in [2.45, 2.75) is 31.8 Å². The van der Waals surface area contributed by atoms with E-state index in [2.05, 4.69) is 27.2 Å². The topological polar surface area (TPSA) is 61.4 Å². The second kappa shape index (κ2) is 6.72. The van der Waals surface area contributed by atoms with Crippen LogP contribution in [0.15, 0.2) is 36.1 Å². The van der Waals surface area contributed by atoms with E-state index in [-0.39, 0.29) is 6.03 Å². The number of hydrogen-bond acceptors (Lipinski definition) is 5. The zero-order chi connectivity index (χ0) is 17.3. The number of aromatic nitrogens is 2. The van der Waals surface area contributed by atoms with Crippen molar-refractivity contribution in [3.8, 4) is 0 Å². The van der Waals surface area contributed by atoms with Crippen LogP contribution in [0.1, 0.15) is 24.3 Å². The number of amides is 2. The molecule has 1 aliphatic heterocycles. The number of urea groups is 1. The molecule has 7 heteroatoms. The number of piperidine rings is 1. The molecule has 1 saturated carbocycles. The Kier molecular flexibility index (Phi) is 4.43. The predicted octanol–water partition coefficient (Wildman–Crippen LogP) is 3.06. The van der Waals surface area contributed by atoms with Crippen molar-refractivity contribution in [3.63, 3.8) is 0 Å². The number of anilines is 1. The fourth-order valence-corrected chi connectivity index (χ4v) is 4.61. The maximum atomic E-state index is 12.4. The number of carbonyl (C=O) groups is 1. The van der Waals surface area contributed by atoms with E-state index in [1.807, 2.05) is 28.6 Å². The Bertz CT molecular complexity index is 712. The van der Waals surface area contributed by atoms with Crippen molar-refractivity contribution in [2.24, 2.45) is 5.41 Å². The summed E-state index contributed by atoms with van der Waals surface area (Å²) in [6, 6.07) is 4.30. The van der Waals surface area contributed by atoms with Gasteiger partial charge in [-0.05, 0) is 43.9 Å². The minimum Gasteiger partial charge on any atom is -0.324 e. The zero-order valence-electron chi connectivity index (χ0n) is 14.4. The van der Waals surface area contributed by atoms with E-state index in [9.17, 15) is 4.79 Å². The highest BCUT2D eigenvalue weighted by Gasteiger charge is 2.56. The van der Waals surface area contributed by atoms with Gasteiger partial charge in [0.05, 0.1) is 18.4 Å². The molecule has 1 unspecified atom stereocenters. The Labute approximate surface area is 151 Å². The van der Waals surface area contributed by atoms with Crippen molar-refractivity contribution in [1.82, 2.24) is 19.8 Å². The summed E-state index contributed by atoms with van der Waals surface area (Å²) in [5.41, 5.74) is 1.15. The summed E-state index contributed by atoms with van der Waals surface area (Å²) in [6.45, 7) is 2.58. The molecule has 1 N–H and O–H groups in total. The van der Waals surface area contributed by atoms with Gasteiger partial charge in [0.2, 0.25) is 0 Å². The molecule has 1 spiro atoms. The highest BCUT2D eigenvalue weighted by atomic mass is 32.1. The van der Waals surface area contributed by atoms with Gasteiger partial charge in [-0.2, -0.15) is 0 Å². The van der Waals surface area contributed by atoms with Gasteiger partial charge in [0.1, 0.15) is 5.01 Å². The summed E-state index contributed by atoms with van der Waals surface area (Å²) >= 11 is 1.72. The molecule has 6 nitrogen and oxygen atoms in total. The Morgan fingerprint density at radius 3 is 2.96 bits per heavy atom. The first kappa shape index (κ1) is 16.5. The van der Waals surface area contributed by atoms with Gasteiger partial charge in [0.25, 0.3) is 0 Å². The van der Waals surface area contributed by atoms with E-state index in [1.54, 1.807) is 23.7 Å². The van der Waals surface area contributed by atoms with Crippen molar-refractivity contribution in [1.29, 1.82) is 0 Å². The molecule has 2 amide bonds. The lowest BCUT2D eigenvalue weighted by Gasteiger charge is -2.34. The van der Waals surface area contributed by atoms with E-state index in [0.29, 0.717) is 11.5 Å². The molecule has 2 aromatic rings. The summed E-state index contributed by atoms with van der Waals surface area (Å²) in [4.78, 5) is 25.2. The van der Waals surface area contributed by atoms with Crippen molar-refractivity contribution in [3.05, 3.63) is 41.1 Å². The van der Waals surface area contributed by atoms with Crippen LogP contribution in [-0.4, -0.2) is 52.0 Å². The third kappa shape index (κ3) is 3.52. The average Bonchev–Trinajstić information content (AvgIpc) is 3.08. The third-order valence-electron chi connectivity index (χ3n) is 5.51. The summed E-state index contributed by atoms with van der Waals surface area (Å²) in [5.74, 6) is 0. The molecule has 0 aromatic carbocycles. The van der Waals surface area contributed by atoms with Crippen molar-refractivity contribution < 1.29 is 4.79 Å². The van der Waals surface area contributed by atoms with Gasteiger partial charge < -0.3 is 10.2 Å². The molecule has 1 aliphatic carbocycles. The van der Waals surface area contributed by atoms with Crippen LogP contribution in [0.3, 0.4) is 0 Å². The quantitative estimate of drug-likeness (QED) is 0.914. The molecule has 132 valence electrons. The first-order chi connectivity index (χ1) is 12.2. The highest BCUT2D eigenvalue weighted by Crippen LogP contribution is 2.56. The van der Waals surface area contributed by atoms with Gasteiger partial charge in [-0.25, -0.2) is 9.78 Å². The number of nitrogens with one attached hydrogen (secondary N) is 1. The molecular formula is C18H23N5OS. The highest BCUT2D eigenvalue weighted by molar-refractivity contribution is 7.09. The normalized spacial score (nSPS) is 21.5. The van der Waals surface area contributed by atoms with E-state index < -0.39 is 0 Å². The van der Waals surface area contributed by atoms with Crippen LogP contribution >= 0.6 is 11.3 Å². The maximum absolute atomic E-state index is 12.4. The third-order valence-corrected chi connectivity index (χ3v) is 6.27. The number of nitrogens with zero attached hydrogens (tertiary/aromatic N) is 4. The maximum Gasteiger partial charge on any atom is 0.321 e. The van der Waals surface area contributed by atoms with Gasteiger partial charge in [0.15, 0.2) is 0 Å². The van der Waals surface area contributed by atoms with Crippen LogP contribution in [0.2, 0.25) is 0 Å². The fourth-order valence-electron chi connectivity index (χ4n) is 3.94. The van der Waals surface area contributed by atoms with Crippen LogP contribution in [0.25, 0.3) is 0 Å². The molecule has 0 radical (unpaired) electrons. The number of thiazole rings is 1. The van der Waals surface area contributed by atoms with Crippen LogP contribution in [0.4, 0.5) is 10.5 Å². The average molecular weight is 357 g/mol. The molecule has 0 bridgehead atoms. The largest absolute Gasteiger partial charge is 0.324 e. The lowest BCUT2D eigenvalue weighted by Crippen LogP contribution is -2.43. The van der Waals surface area contributed by atoms with Crippen LogP contribution in [-0.2, 0) is 6.54 Å². The van der Waals surface area contributed by atoms with E-state index in [4.69, 9.17) is 0 Å². The summed E-state index contributed by atoms with van der Waals surface area (Å²) in [6.07, 6.45) is 8.66. The number of pyridine rings is 1. The number of hydrogen-bond donors (Lipinski definition) is 1. The summed E-state index contributed by atoms with van der Waals surface area (Å²) < 4.78 is 0. The SMILES string of the molecule is CN(Cc1nccs1)C1CC12CCN(C(=O)Nc1cccnc1)CC2. The second-order valence-corrected chi connectivity index (χ2v) is 8.06. The van der Waals surface area contributed by atoms with Crippen LogP contribution in [0, 0.1) is 5.41 Å². The zero-order valence-corrected chi connectivity index (χ0v) is 15.2. The Hall–Kier alpha value is -1.99. The van der Waals surface area contributed by atoms with Gasteiger partial charge in [-0.3, -0.25) is 9.88 Å². The molecule has 1 saturated heterocycles. The number of rotatable bonds is 4. The lowest BCUT2D eigenvalue weighted by atomic mass is 9.92. The lowest BCUT2D eigenvalue weighted by molar-refractivity contribution is 0.157. The minimum absolute atomic E-state index is 0.0174. The molecule has 2 fully saturated rings. The predicted molar refractivity (Wildman–Crippen MR) is 98.5 cm³/mol. The molecule has 3 heterocycles. The monoisotopic (exact) mass is 357 g/mol. The van der Waals surface area contributed by atoms with Gasteiger partial charge in [0, 0.05) is 36.9 Å². The fraction of sp³-hybridized carbons (Fsp3) is 0.500. The first-order valence-corrected chi connectivity index (χ1v) is 9.59. The van der Waals surface area contributed by atoms with Gasteiger partial charge in [-0.15, -0.1) is 11.3 Å². The Morgan fingerprint density at radius 2 is 2.28 bits per heavy atom. The molecule has 1 atom stereocenters. The van der Waals surface area contributed by atoms with Crippen LogP contribution < -0.4 is 5.32 Å². The van der Waals surface area contributed by atoms with Gasteiger partial charge >= 0.3 is 6.03 Å². The molecule has 25 heavy (non-hydrogen) atoms. The molecular weight excluding hydrogens is 334 g/mol. The van der Waals surface area contributed by atoms with Gasteiger partial charge in [-0.1, -0.05) is 0 Å². The summed E-state index contributed by atoms with van der Waals surface area (Å²) in [5, 5.41) is 6.14. The van der Waals surface area contributed by atoms with E-state index in [1.165, 1.54) is 11.4 Å². The van der Waals surface area contributed by atoms with Crippen LogP contribution in [0.5, 0.6) is 0 Å². The van der Waals surface area contributed by atoms with Crippen molar-refractivity contribution in [2.75, 3.05) is 25.5 Å². The van der Waals surface area contributed by atoms with Crippen molar-refractivity contribution >= 4 is 23.1 Å². The van der Waals surface area contributed by atoms with E-state index in [0.717, 1.165) is 38.2 Å². The number of carbonyl (C=O) groups excluding carboxylic acids is 1. The van der Waals surface area contributed by atoms with E-state index >= 15 is 0 Å². The number of likely N-dealkylation sites (tertiary alicyclic amines) is 1. The molecule has 2 aliphatic rings. The standard InChI is InChI=1S/C18H23N5OS/c1-22(13-16-20-7-10-25-16)15-11-18(15)4-8-23(9-5-18)17(24)21-14-3-2-6-19-12-14/h2-3,6-7,10,12,15H,4-5,8-9,11,13H2,1H3,(H,21,24). The Morgan fingerprint density at radius 1 is 1.44 bits per heavy atom. The molecule has 4 rings (SSSR count). The summed E-state index contributed by atoms with van der Waals surface area (Å²) in [7, 11) is 2.20. The molecule has 2 aromatic heterocycles. The first-order valence-electron chi connectivity index (χ1n) is 8.71. The Balaban J connectivity index is 1.28. The smallest absolute Gasteiger partial charge is 0.321 e. The second-order valence-electron chi connectivity index (χ2n) is 7.08.